The summed E-state index contributed by atoms with van der Waals surface area (Å²) in [5, 5.41) is 0. The van der Waals surface area contributed by atoms with E-state index in [2.05, 4.69) is 39.3 Å². The molecule has 14 nitrogen and oxygen atoms in total. The molecule has 0 N–H and O–H groups in total. The van der Waals surface area contributed by atoms with Crippen molar-refractivity contribution in [3.8, 4) is 0 Å². The van der Waals surface area contributed by atoms with Crippen molar-refractivity contribution in [1.82, 2.24) is 0 Å². The maximum atomic E-state index is 7.53. The zero-order valence-electron chi connectivity index (χ0n) is 37.9. The predicted octanol–water partition coefficient (Wildman–Crippen LogP) is 8.70. The van der Waals surface area contributed by atoms with Crippen molar-refractivity contribution in [2.75, 3.05) is 77.2 Å². The molecular weight excluding hydrogens is 829 g/mol. The third kappa shape index (κ3) is 22.4. The summed E-state index contributed by atoms with van der Waals surface area (Å²) in [7, 11) is -4.26. The van der Waals surface area contributed by atoms with Gasteiger partial charge >= 0.3 is 35.2 Å². The van der Waals surface area contributed by atoms with Gasteiger partial charge in [0.2, 0.25) is 0 Å². The monoisotopic (exact) mass is 912 g/mol. The molecule has 21 heteroatoms. The molecule has 0 aliphatic rings. The van der Waals surface area contributed by atoms with Crippen molar-refractivity contribution in [2.45, 2.75) is 146 Å². The van der Waals surface area contributed by atoms with E-state index in [9.17, 15) is 0 Å². The van der Waals surface area contributed by atoms with Gasteiger partial charge in [-0.05, 0) is 77.2 Å². The Hall–Kier alpha value is 0.958. The highest BCUT2D eigenvalue weighted by molar-refractivity contribution is 6.91. The fourth-order valence-corrected chi connectivity index (χ4v) is 35.6. The van der Waals surface area contributed by atoms with Crippen LogP contribution in [0.3, 0.4) is 0 Å². The molecule has 0 amide bonds. The van der Waals surface area contributed by atoms with Gasteiger partial charge in [-0.1, -0.05) is 44.9 Å². The van der Waals surface area contributed by atoms with E-state index in [1.54, 1.807) is 64.0 Å². The lowest BCUT2D eigenvalue weighted by Crippen LogP contribution is -2.62. The van der Waals surface area contributed by atoms with Crippen LogP contribution in [0.2, 0.25) is 81.6 Å². The van der Waals surface area contributed by atoms with Crippen molar-refractivity contribution >= 4 is 60.2 Å². The quantitative estimate of drug-likeness (QED) is 0.0254. The Labute approximate surface area is 344 Å². The lowest BCUT2D eigenvalue weighted by Gasteiger charge is -2.46. The van der Waals surface area contributed by atoms with E-state index in [1.807, 2.05) is 6.92 Å². The van der Waals surface area contributed by atoms with Crippen LogP contribution in [0.25, 0.3) is 0 Å². The van der Waals surface area contributed by atoms with Crippen LogP contribution in [0.4, 0.5) is 0 Å². The molecule has 0 atom stereocenters. The fourth-order valence-electron chi connectivity index (χ4n) is 6.54. The highest BCUT2D eigenvalue weighted by Crippen LogP contribution is 2.37. The first kappa shape index (κ1) is 56.0. The normalized spacial score (nSPS) is 14.0. The van der Waals surface area contributed by atoms with Crippen LogP contribution < -0.4 is 0 Å². The van der Waals surface area contributed by atoms with E-state index in [0.29, 0.717) is 31.3 Å². The summed E-state index contributed by atoms with van der Waals surface area (Å²) in [4.78, 5) is 10.1. The molecule has 0 unspecified atom stereocenters. The molecule has 332 valence electrons. The van der Waals surface area contributed by atoms with E-state index >= 15 is 0 Å². The maximum absolute atomic E-state index is 7.53. The summed E-state index contributed by atoms with van der Waals surface area (Å²) >= 11 is 0. The fraction of sp³-hybridized carbons (Fsp3) is 1.00. The minimum absolute atomic E-state index is 0.588. The third-order valence-corrected chi connectivity index (χ3v) is 35.5. The van der Waals surface area contributed by atoms with Gasteiger partial charge in [0.05, 0.1) is 13.2 Å². The molecule has 0 aliphatic carbocycles. The summed E-state index contributed by atoms with van der Waals surface area (Å²) in [5.41, 5.74) is 0. The number of hydrogen-bond acceptors (Lipinski definition) is 14. The smallest absolute Gasteiger partial charge is 0.417 e. The van der Waals surface area contributed by atoms with Crippen LogP contribution in [0, 0.1) is 0 Å². The average molecular weight is 914 g/mol. The molecule has 0 rings (SSSR count). The SMILES string of the molecule is CCOOCCCCCCCCCCC[Si](O[Si](C)(C)CC[Si](OC)(OC)OC)(O[Si](C)(C)CC[Si](OC)(OC)OC)O[Si](C)(C)CC[Si](OC)(OC)OC. The first-order chi connectivity index (χ1) is 25.8. The molecule has 0 radical (unpaired) electrons. The van der Waals surface area contributed by atoms with Crippen LogP contribution in [-0.4, -0.2) is 137 Å². The largest absolute Gasteiger partial charge is 0.499 e. The Morgan fingerprint density at radius 3 is 0.836 bits per heavy atom. The first-order valence-electron chi connectivity index (χ1n) is 20.2. The third-order valence-electron chi connectivity index (χ3n) is 10.1. The molecule has 0 saturated heterocycles. The Morgan fingerprint density at radius 2 is 0.564 bits per heavy atom. The summed E-state index contributed by atoms with van der Waals surface area (Å²) in [6.45, 7) is 16.7. The van der Waals surface area contributed by atoms with Gasteiger partial charge in [0, 0.05) is 88.2 Å². The van der Waals surface area contributed by atoms with Crippen molar-refractivity contribution in [3.63, 3.8) is 0 Å². The van der Waals surface area contributed by atoms with Gasteiger partial charge in [-0.2, -0.15) is 0 Å². The highest BCUT2D eigenvalue weighted by atomic mass is 28.5. The molecule has 0 spiro atoms. The molecule has 0 heterocycles. The topological polar surface area (TPSA) is 129 Å². The first-order valence-corrected chi connectivity index (χ1v) is 37.2. The molecule has 55 heavy (non-hydrogen) atoms. The molecule has 0 fully saturated rings. The second kappa shape index (κ2) is 28.5. The van der Waals surface area contributed by atoms with Gasteiger partial charge in [-0.25, -0.2) is 9.78 Å². The minimum Gasteiger partial charge on any atom is -0.417 e. The van der Waals surface area contributed by atoms with Crippen molar-refractivity contribution < 1.29 is 62.0 Å². The van der Waals surface area contributed by atoms with Gasteiger partial charge in [-0.3, -0.25) is 0 Å². The maximum Gasteiger partial charge on any atom is 0.499 e. The van der Waals surface area contributed by atoms with Crippen LogP contribution in [0.15, 0.2) is 0 Å². The van der Waals surface area contributed by atoms with E-state index in [-0.39, 0.29) is 0 Å². The second-order valence-corrected chi connectivity index (χ2v) is 41.5. The van der Waals surface area contributed by atoms with Crippen molar-refractivity contribution in [2.24, 2.45) is 0 Å². The lowest BCUT2D eigenvalue weighted by atomic mass is 10.1. The Balaban J connectivity index is 6.45. The lowest BCUT2D eigenvalue weighted by molar-refractivity contribution is -0.291. The summed E-state index contributed by atoms with van der Waals surface area (Å²) in [5.74, 6) is 0. The second-order valence-electron chi connectivity index (χ2n) is 15.8. The zero-order valence-corrected chi connectivity index (χ0v) is 44.9. The Kier molecular flexibility index (Phi) is 29.0. The van der Waals surface area contributed by atoms with Crippen LogP contribution in [0.5, 0.6) is 0 Å². The Bertz CT molecular complexity index is 841. The standard InChI is InChI=1S/C34H84O14Si7/c1-17-44-45-27-25-23-21-19-18-20-22-24-26-28-55(46-49(11,12)29-32-52(35-2,36-3)37-4,47-50(13,14)30-33-53(38-5,39-6)40-7)48-51(15,16)31-34-54(41-8,42-9)43-10/h17-34H2,1-16H3. The molecule has 0 bridgehead atoms. The van der Waals surface area contributed by atoms with Gasteiger partial charge in [-0.15, -0.1) is 0 Å². The van der Waals surface area contributed by atoms with Crippen LogP contribution >= 0.6 is 0 Å². The number of unbranched alkanes of at least 4 members (excludes halogenated alkanes) is 8. The van der Waals surface area contributed by atoms with Gasteiger partial charge in [0.25, 0.3) is 0 Å². The summed E-state index contributed by atoms with van der Waals surface area (Å²) in [6.07, 6.45) is 10.3. The molecule has 0 saturated carbocycles. The highest BCUT2D eigenvalue weighted by Gasteiger charge is 2.54. The molecule has 0 aromatic rings. The van der Waals surface area contributed by atoms with Gasteiger partial charge in [0.1, 0.15) is 0 Å². The van der Waals surface area contributed by atoms with Crippen molar-refractivity contribution in [3.05, 3.63) is 0 Å². The van der Waals surface area contributed by atoms with E-state index in [1.165, 1.54) is 32.1 Å². The molecule has 0 aliphatic heterocycles. The van der Waals surface area contributed by atoms with Crippen LogP contribution in [0.1, 0.15) is 64.7 Å². The minimum atomic E-state index is -3.34. The molecule has 0 aromatic heterocycles. The van der Waals surface area contributed by atoms with Gasteiger partial charge < -0.3 is 52.2 Å². The zero-order chi connectivity index (χ0) is 42.1. The van der Waals surface area contributed by atoms with Crippen molar-refractivity contribution in [1.29, 1.82) is 0 Å². The van der Waals surface area contributed by atoms with E-state index < -0.39 is 60.2 Å². The molecular formula is C34H84O14Si7. The number of hydrogen-bond donors (Lipinski definition) is 0. The summed E-state index contributed by atoms with van der Waals surface area (Å²) < 4.78 is 74.9. The van der Waals surface area contributed by atoms with E-state index in [0.717, 1.165) is 49.9 Å². The van der Waals surface area contributed by atoms with Crippen LogP contribution in [-0.2, 0) is 62.0 Å². The Morgan fingerprint density at radius 1 is 0.291 bits per heavy atom. The molecule has 0 aromatic carbocycles. The summed E-state index contributed by atoms with van der Waals surface area (Å²) in [6, 6.07) is 5.02. The predicted molar refractivity (Wildman–Crippen MR) is 235 cm³/mol. The average Bonchev–Trinajstić information content (AvgIpc) is 3.15. The van der Waals surface area contributed by atoms with Gasteiger partial charge in [0.15, 0.2) is 25.0 Å². The van der Waals surface area contributed by atoms with E-state index in [4.69, 9.17) is 62.0 Å². The number of rotatable bonds is 38.